The van der Waals surface area contributed by atoms with Crippen LogP contribution in [0.1, 0.15) is 30.9 Å². The molecule has 26 heavy (non-hydrogen) atoms. The average Bonchev–Trinajstić information content (AvgIpc) is 3.02. The number of nitrogens with one attached hydrogen (secondary N) is 1. The number of carbonyl (C=O) groups is 1. The van der Waals surface area contributed by atoms with Crippen molar-refractivity contribution in [2.45, 2.75) is 36.3 Å². The largest absolute Gasteiger partial charge is 0.393 e. The zero-order valence-corrected chi connectivity index (χ0v) is 15.4. The Hall–Kier alpha value is -2.19. The van der Waals surface area contributed by atoms with E-state index in [1.165, 1.54) is 12.1 Å². The predicted molar refractivity (Wildman–Crippen MR) is 95.9 cm³/mol. The van der Waals surface area contributed by atoms with Crippen molar-refractivity contribution in [2.75, 3.05) is 5.75 Å². The maximum atomic E-state index is 12.4. The number of hydrogen-bond donors (Lipinski definition) is 2. The first-order chi connectivity index (χ1) is 12.3. The second kappa shape index (κ2) is 7.59. The van der Waals surface area contributed by atoms with E-state index in [0.717, 1.165) is 5.56 Å². The van der Waals surface area contributed by atoms with Gasteiger partial charge in [-0.3, -0.25) is 9.48 Å². The van der Waals surface area contributed by atoms with Gasteiger partial charge in [0, 0.05) is 25.2 Å². The average molecular weight is 377 g/mol. The van der Waals surface area contributed by atoms with Gasteiger partial charge in [0.25, 0.3) is 0 Å². The first-order valence-corrected chi connectivity index (χ1v) is 10.2. The van der Waals surface area contributed by atoms with Gasteiger partial charge in [0.05, 0.1) is 29.0 Å². The number of hydrogen-bond acceptors (Lipinski definition) is 5. The highest BCUT2D eigenvalue weighted by Gasteiger charge is 2.36. The Labute approximate surface area is 153 Å². The molecule has 0 bridgehead atoms. The highest BCUT2D eigenvalue weighted by molar-refractivity contribution is 7.91. The number of rotatable bonds is 7. The fourth-order valence-electron chi connectivity index (χ4n) is 3.19. The molecule has 8 heteroatoms. The summed E-state index contributed by atoms with van der Waals surface area (Å²) in [5.41, 5.74) is 0.865. The molecular formula is C18H23N3O4S. The van der Waals surface area contributed by atoms with Crippen molar-refractivity contribution < 1.29 is 18.3 Å². The quantitative estimate of drug-likeness (QED) is 0.755. The van der Waals surface area contributed by atoms with Crippen LogP contribution in [0.15, 0.2) is 47.6 Å². The van der Waals surface area contributed by atoms with Crippen molar-refractivity contribution in [2.24, 2.45) is 13.0 Å². The number of aliphatic hydroxyl groups is 1. The fourth-order valence-corrected chi connectivity index (χ4v) is 4.46. The van der Waals surface area contributed by atoms with Gasteiger partial charge in [-0.05, 0) is 30.9 Å². The van der Waals surface area contributed by atoms with E-state index in [1.807, 2.05) is 6.20 Å². The van der Waals surface area contributed by atoms with Crippen molar-refractivity contribution in [3.05, 3.63) is 48.3 Å². The Bertz CT molecular complexity index is 858. The smallest absolute Gasteiger partial charge is 0.221 e. The summed E-state index contributed by atoms with van der Waals surface area (Å²) in [6.45, 7) is 0. The molecule has 1 heterocycles. The van der Waals surface area contributed by atoms with Gasteiger partial charge in [-0.25, -0.2) is 8.42 Å². The van der Waals surface area contributed by atoms with Crippen LogP contribution < -0.4 is 5.32 Å². The minimum atomic E-state index is -3.49. The Morgan fingerprint density at radius 3 is 2.62 bits per heavy atom. The van der Waals surface area contributed by atoms with E-state index in [4.69, 9.17) is 0 Å². The lowest BCUT2D eigenvalue weighted by Crippen LogP contribution is -2.41. The van der Waals surface area contributed by atoms with E-state index in [2.05, 4.69) is 10.4 Å². The molecule has 1 aromatic carbocycles. The molecule has 0 spiro atoms. The summed E-state index contributed by atoms with van der Waals surface area (Å²) in [7, 11) is -1.69. The molecule has 2 N–H and O–H groups in total. The lowest BCUT2D eigenvalue weighted by Gasteiger charge is -2.37. The first-order valence-electron chi connectivity index (χ1n) is 8.59. The normalized spacial score (nSPS) is 21.0. The zero-order valence-electron chi connectivity index (χ0n) is 14.6. The Morgan fingerprint density at radius 1 is 1.35 bits per heavy atom. The van der Waals surface area contributed by atoms with Gasteiger partial charge in [-0.15, -0.1) is 0 Å². The Balaban J connectivity index is 1.63. The minimum Gasteiger partial charge on any atom is -0.393 e. The van der Waals surface area contributed by atoms with Crippen LogP contribution in [0.25, 0.3) is 0 Å². The van der Waals surface area contributed by atoms with Crippen molar-refractivity contribution in [1.82, 2.24) is 15.1 Å². The summed E-state index contributed by atoms with van der Waals surface area (Å²) >= 11 is 0. The summed E-state index contributed by atoms with van der Waals surface area (Å²) in [5, 5.41) is 16.6. The summed E-state index contributed by atoms with van der Waals surface area (Å²) in [5.74, 6) is -0.431. The lowest BCUT2D eigenvalue weighted by atomic mass is 9.75. The van der Waals surface area contributed by atoms with Crippen LogP contribution in [-0.4, -0.2) is 41.1 Å². The zero-order chi connectivity index (χ0) is 18.7. The fraction of sp³-hybridized carbons (Fsp3) is 0.444. The maximum Gasteiger partial charge on any atom is 0.221 e. The lowest BCUT2D eigenvalue weighted by molar-refractivity contribution is -0.122. The van der Waals surface area contributed by atoms with Gasteiger partial charge < -0.3 is 10.4 Å². The molecule has 0 aliphatic heterocycles. The van der Waals surface area contributed by atoms with Crippen molar-refractivity contribution >= 4 is 15.7 Å². The Kier molecular flexibility index (Phi) is 5.43. The highest BCUT2D eigenvalue weighted by Crippen LogP contribution is 2.38. The van der Waals surface area contributed by atoms with Crippen LogP contribution in [0.5, 0.6) is 0 Å². The van der Waals surface area contributed by atoms with Crippen molar-refractivity contribution in [3.8, 4) is 0 Å². The van der Waals surface area contributed by atoms with Gasteiger partial charge in [-0.1, -0.05) is 18.2 Å². The number of aromatic nitrogens is 2. The van der Waals surface area contributed by atoms with Gasteiger partial charge in [-0.2, -0.15) is 5.10 Å². The Morgan fingerprint density at radius 2 is 2.04 bits per heavy atom. The van der Waals surface area contributed by atoms with E-state index in [1.54, 1.807) is 36.1 Å². The summed E-state index contributed by atoms with van der Waals surface area (Å²) < 4.78 is 26.3. The van der Waals surface area contributed by atoms with Crippen LogP contribution in [-0.2, 0) is 21.7 Å². The molecule has 0 radical (unpaired) electrons. The van der Waals surface area contributed by atoms with Crippen LogP contribution in [0.2, 0.25) is 0 Å². The molecule has 1 amide bonds. The predicted octanol–water partition coefficient (Wildman–Crippen LogP) is 1.21. The van der Waals surface area contributed by atoms with E-state index in [-0.39, 0.29) is 41.0 Å². The van der Waals surface area contributed by atoms with Crippen LogP contribution in [0.4, 0.5) is 0 Å². The molecule has 1 fully saturated rings. The van der Waals surface area contributed by atoms with Crippen LogP contribution in [0.3, 0.4) is 0 Å². The molecule has 1 saturated carbocycles. The number of aryl methyl sites for hydroxylation is 1. The number of sulfone groups is 1. The monoisotopic (exact) mass is 377 g/mol. The molecule has 3 rings (SSSR count). The number of nitrogens with zero attached hydrogens (tertiary/aromatic N) is 2. The summed E-state index contributed by atoms with van der Waals surface area (Å²) in [6.07, 6.45) is 4.30. The molecule has 0 saturated heterocycles. The number of benzene rings is 1. The third-order valence-corrected chi connectivity index (χ3v) is 6.45. The summed E-state index contributed by atoms with van der Waals surface area (Å²) in [4.78, 5) is 12.6. The van der Waals surface area contributed by atoms with Gasteiger partial charge in [0.2, 0.25) is 5.91 Å². The van der Waals surface area contributed by atoms with E-state index >= 15 is 0 Å². The molecule has 1 aromatic heterocycles. The highest BCUT2D eigenvalue weighted by atomic mass is 32.2. The third-order valence-electron chi connectivity index (χ3n) is 4.72. The molecule has 1 aliphatic rings. The molecule has 1 aliphatic carbocycles. The number of carbonyl (C=O) groups excluding carboxylic acids is 1. The molecule has 7 nitrogen and oxygen atoms in total. The third kappa shape index (κ3) is 4.31. The standard InChI is InChI=1S/C18H23N3O4S/c1-21-12-14(11-19-21)18(13-9-15(22)10-13)20-17(23)7-8-26(24,25)16-5-3-2-4-6-16/h2-6,11-13,15,18,22H,7-10H2,1H3,(H,20,23)/t13?,15?,18-/m0/s1. The van der Waals surface area contributed by atoms with Gasteiger partial charge >= 0.3 is 0 Å². The van der Waals surface area contributed by atoms with Crippen LogP contribution >= 0.6 is 0 Å². The topological polar surface area (TPSA) is 101 Å². The van der Waals surface area contributed by atoms with E-state index in [0.29, 0.717) is 12.8 Å². The second-order valence-electron chi connectivity index (χ2n) is 6.76. The maximum absolute atomic E-state index is 12.4. The number of amides is 1. The van der Waals surface area contributed by atoms with Gasteiger partial charge in [0.15, 0.2) is 9.84 Å². The number of aliphatic hydroxyl groups excluding tert-OH is 1. The molecular weight excluding hydrogens is 354 g/mol. The van der Waals surface area contributed by atoms with E-state index < -0.39 is 9.84 Å². The summed E-state index contributed by atoms with van der Waals surface area (Å²) in [6, 6.07) is 7.86. The van der Waals surface area contributed by atoms with E-state index in [9.17, 15) is 18.3 Å². The minimum absolute atomic E-state index is 0.108. The molecule has 1 atom stereocenters. The van der Waals surface area contributed by atoms with Crippen molar-refractivity contribution in [1.29, 1.82) is 0 Å². The van der Waals surface area contributed by atoms with Crippen molar-refractivity contribution in [3.63, 3.8) is 0 Å². The van der Waals surface area contributed by atoms with Crippen LogP contribution in [0, 0.1) is 5.92 Å². The molecule has 0 unspecified atom stereocenters. The molecule has 2 aromatic rings. The second-order valence-corrected chi connectivity index (χ2v) is 8.87. The molecule has 140 valence electrons. The SMILES string of the molecule is Cn1cc([C@@H](NC(=O)CCS(=O)(=O)c2ccccc2)C2CC(O)C2)cn1. The first kappa shape index (κ1) is 18.6. The van der Waals surface area contributed by atoms with Gasteiger partial charge in [0.1, 0.15) is 0 Å².